The maximum Gasteiger partial charge on any atom is 0.123 e. The van der Waals surface area contributed by atoms with E-state index in [2.05, 4.69) is 44.9 Å². The smallest absolute Gasteiger partial charge is 0.123 e. The Morgan fingerprint density at radius 1 is 1.32 bits per heavy atom. The lowest BCUT2D eigenvalue weighted by atomic mass is 10.1. The number of para-hydroxylation sites is 2. The highest BCUT2D eigenvalue weighted by molar-refractivity contribution is 5.75. The fourth-order valence-electron chi connectivity index (χ4n) is 3.08. The summed E-state index contributed by atoms with van der Waals surface area (Å²) in [6, 6.07) is 10.5. The van der Waals surface area contributed by atoms with E-state index in [1.165, 1.54) is 5.52 Å². The van der Waals surface area contributed by atoms with Crippen molar-refractivity contribution in [1.29, 1.82) is 0 Å². The minimum absolute atomic E-state index is 0.205. The van der Waals surface area contributed by atoms with Crippen LogP contribution in [0.2, 0.25) is 0 Å². The van der Waals surface area contributed by atoms with E-state index >= 15 is 0 Å². The summed E-state index contributed by atoms with van der Waals surface area (Å²) in [5.74, 6) is 1.08. The molecule has 0 radical (unpaired) electrons. The number of fused-ring (bicyclic) bond motifs is 1. The first-order valence-corrected chi connectivity index (χ1v) is 7.54. The van der Waals surface area contributed by atoms with Gasteiger partial charge in [-0.25, -0.2) is 4.98 Å². The Kier molecular flexibility index (Phi) is 3.40. The molecule has 0 bridgehead atoms. The lowest BCUT2D eigenvalue weighted by molar-refractivity contribution is -0.0156. The molecule has 1 saturated heterocycles. The number of nitrogens with zero attached hydrogens (tertiary/aromatic N) is 4. The van der Waals surface area contributed by atoms with Crippen LogP contribution < -0.4 is 0 Å². The van der Waals surface area contributed by atoms with Gasteiger partial charge < -0.3 is 9.30 Å². The second-order valence-corrected chi connectivity index (χ2v) is 5.65. The molecule has 114 valence electrons. The van der Waals surface area contributed by atoms with Gasteiger partial charge in [-0.05, 0) is 18.2 Å². The minimum atomic E-state index is 0.205. The van der Waals surface area contributed by atoms with Crippen LogP contribution in [0.4, 0.5) is 0 Å². The third-order valence-electron chi connectivity index (χ3n) is 4.34. The Bertz CT molecular complexity index is 764. The molecule has 6 nitrogen and oxygen atoms in total. The van der Waals surface area contributed by atoms with E-state index in [4.69, 9.17) is 9.72 Å². The van der Waals surface area contributed by atoms with Crippen LogP contribution in [-0.2, 0) is 18.3 Å². The molecule has 0 amide bonds. The number of aryl methyl sites for hydroxylation is 1. The third kappa shape index (κ3) is 2.30. The van der Waals surface area contributed by atoms with Crippen molar-refractivity contribution < 1.29 is 4.74 Å². The Hall–Kier alpha value is -2.18. The van der Waals surface area contributed by atoms with Gasteiger partial charge in [-0.2, -0.15) is 5.10 Å². The summed E-state index contributed by atoms with van der Waals surface area (Å²) in [5, 5.41) is 7.13. The van der Waals surface area contributed by atoms with E-state index in [0.717, 1.165) is 36.7 Å². The molecule has 1 atom stereocenters. The summed E-state index contributed by atoms with van der Waals surface area (Å²) in [6.45, 7) is 3.14. The van der Waals surface area contributed by atoms with Crippen molar-refractivity contribution >= 4 is 11.0 Å². The molecular weight excluding hydrogens is 278 g/mol. The quantitative estimate of drug-likeness (QED) is 0.802. The zero-order chi connectivity index (χ0) is 14.9. The number of aromatic nitrogens is 4. The minimum Gasteiger partial charge on any atom is -0.378 e. The number of ether oxygens (including phenoxy) is 1. The van der Waals surface area contributed by atoms with Crippen LogP contribution in [-0.4, -0.2) is 44.4 Å². The van der Waals surface area contributed by atoms with Crippen molar-refractivity contribution in [3.8, 4) is 0 Å². The molecule has 1 aliphatic rings. The molecule has 22 heavy (non-hydrogen) atoms. The van der Waals surface area contributed by atoms with Crippen molar-refractivity contribution in [2.24, 2.45) is 7.05 Å². The van der Waals surface area contributed by atoms with Crippen LogP contribution in [0.3, 0.4) is 0 Å². The molecule has 1 fully saturated rings. The SMILES string of the molecule is Cn1c(CN2CCOCC2c2ccn[nH]2)nc2ccccc21. The summed E-state index contributed by atoms with van der Waals surface area (Å²) in [7, 11) is 2.08. The zero-order valence-corrected chi connectivity index (χ0v) is 12.6. The number of morpholine rings is 1. The number of nitrogens with one attached hydrogen (secondary N) is 1. The second kappa shape index (κ2) is 5.55. The monoisotopic (exact) mass is 297 g/mol. The molecule has 1 N–H and O–H groups in total. The number of aromatic amines is 1. The summed E-state index contributed by atoms with van der Waals surface area (Å²) < 4.78 is 7.82. The van der Waals surface area contributed by atoms with E-state index < -0.39 is 0 Å². The Morgan fingerprint density at radius 3 is 3.05 bits per heavy atom. The van der Waals surface area contributed by atoms with Gasteiger partial charge >= 0.3 is 0 Å². The van der Waals surface area contributed by atoms with Crippen molar-refractivity contribution in [3.63, 3.8) is 0 Å². The maximum absolute atomic E-state index is 5.65. The molecule has 0 aliphatic carbocycles. The lowest BCUT2D eigenvalue weighted by Crippen LogP contribution is -2.39. The van der Waals surface area contributed by atoms with Crippen LogP contribution >= 0.6 is 0 Å². The number of hydrogen-bond donors (Lipinski definition) is 1. The van der Waals surface area contributed by atoms with Crippen LogP contribution in [0.15, 0.2) is 36.5 Å². The zero-order valence-electron chi connectivity index (χ0n) is 12.6. The van der Waals surface area contributed by atoms with Crippen molar-refractivity contribution in [3.05, 3.63) is 48.0 Å². The molecule has 3 heterocycles. The topological polar surface area (TPSA) is 59.0 Å². The van der Waals surface area contributed by atoms with Gasteiger partial charge in [-0.15, -0.1) is 0 Å². The molecular formula is C16H19N5O. The molecule has 6 heteroatoms. The van der Waals surface area contributed by atoms with Gasteiger partial charge in [0.2, 0.25) is 0 Å². The molecule has 0 spiro atoms. The highest BCUT2D eigenvalue weighted by atomic mass is 16.5. The maximum atomic E-state index is 5.65. The van der Waals surface area contributed by atoms with Crippen LogP contribution in [0.5, 0.6) is 0 Å². The van der Waals surface area contributed by atoms with E-state index in [-0.39, 0.29) is 6.04 Å². The largest absolute Gasteiger partial charge is 0.378 e. The van der Waals surface area contributed by atoms with Crippen LogP contribution in [0.25, 0.3) is 11.0 Å². The fraction of sp³-hybridized carbons (Fsp3) is 0.375. The van der Waals surface area contributed by atoms with Gasteiger partial charge in [0.1, 0.15) is 5.82 Å². The van der Waals surface area contributed by atoms with Gasteiger partial charge in [0.25, 0.3) is 0 Å². The Labute approximate surface area is 128 Å². The molecule has 3 aromatic rings. The first kappa shape index (κ1) is 13.5. The summed E-state index contributed by atoms with van der Waals surface area (Å²) in [6.07, 6.45) is 1.79. The first-order valence-electron chi connectivity index (χ1n) is 7.54. The van der Waals surface area contributed by atoms with E-state index in [0.29, 0.717) is 6.61 Å². The molecule has 1 aliphatic heterocycles. The van der Waals surface area contributed by atoms with Crippen LogP contribution in [0.1, 0.15) is 17.6 Å². The van der Waals surface area contributed by atoms with Crippen molar-refractivity contribution in [1.82, 2.24) is 24.6 Å². The molecule has 1 unspecified atom stereocenters. The Balaban J connectivity index is 1.64. The highest BCUT2D eigenvalue weighted by Crippen LogP contribution is 2.25. The molecule has 4 rings (SSSR count). The average Bonchev–Trinajstić information content (AvgIpc) is 3.18. The number of H-pyrrole nitrogens is 1. The summed E-state index contributed by atoms with van der Waals surface area (Å²) in [4.78, 5) is 7.18. The first-order chi connectivity index (χ1) is 10.8. The second-order valence-electron chi connectivity index (χ2n) is 5.65. The lowest BCUT2D eigenvalue weighted by Gasteiger charge is -2.34. The van der Waals surface area contributed by atoms with Gasteiger partial charge in [-0.3, -0.25) is 10.00 Å². The van der Waals surface area contributed by atoms with Crippen LogP contribution in [0, 0.1) is 0 Å². The fourth-order valence-corrected chi connectivity index (χ4v) is 3.08. The predicted molar refractivity (Wildman–Crippen MR) is 83.3 cm³/mol. The standard InChI is InChI=1S/C16H19N5O/c1-20-14-5-3-2-4-12(14)18-16(20)10-21-8-9-22-11-15(21)13-6-7-17-19-13/h2-7,15H,8-11H2,1H3,(H,17,19). The molecule has 1 aromatic carbocycles. The van der Waals surface area contributed by atoms with Gasteiger partial charge in [-0.1, -0.05) is 12.1 Å². The average molecular weight is 297 g/mol. The summed E-state index contributed by atoms with van der Waals surface area (Å²) in [5.41, 5.74) is 3.31. The Morgan fingerprint density at radius 2 is 2.23 bits per heavy atom. The van der Waals surface area contributed by atoms with E-state index in [9.17, 15) is 0 Å². The summed E-state index contributed by atoms with van der Waals surface area (Å²) >= 11 is 0. The number of hydrogen-bond acceptors (Lipinski definition) is 4. The predicted octanol–water partition coefficient (Wildman–Crippen LogP) is 1.87. The number of benzene rings is 1. The van der Waals surface area contributed by atoms with Gasteiger partial charge in [0.15, 0.2) is 0 Å². The van der Waals surface area contributed by atoms with Crippen molar-refractivity contribution in [2.45, 2.75) is 12.6 Å². The third-order valence-corrected chi connectivity index (χ3v) is 4.34. The van der Waals surface area contributed by atoms with Crippen molar-refractivity contribution in [2.75, 3.05) is 19.8 Å². The highest BCUT2D eigenvalue weighted by Gasteiger charge is 2.27. The normalized spacial score (nSPS) is 19.8. The number of imidazole rings is 1. The van der Waals surface area contributed by atoms with E-state index in [1.54, 1.807) is 6.20 Å². The number of rotatable bonds is 3. The molecule has 0 saturated carbocycles. The molecule has 2 aromatic heterocycles. The van der Waals surface area contributed by atoms with E-state index in [1.807, 2.05) is 12.1 Å². The van der Waals surface area contributed by atoms with Gasteiger partial charge in [0.05, 0.1) is 42.5 Å². The van der Waals surface area contributed by atoms with Gasteiger partial charge in [0, 0.05) is 19.8 Å².